The predicted octanol–water partition coefficient (Wildman–Crippen LogP) is 1.86. The van der Waals surface area contributed by atoms with Crippen molar-refractivity contribution in [2.24, 2.45) is 11.7 Å². The molecule has 1 aliphatic rings. The standard InChI is InChI=1S/C16H22N2O3/c1-11-4-2-3-5-14(11)18-15(19)10-21-13-8-6-12(7-9-13)16(17)20/h6-9,11,14H,2-5,10H2,1H3,(H2,17,20)(H,18,19)/t11-,14+/m1/s1. The van der Waals surface area contributed by atoms with E-state index in [9.17, 15) is 9.59 Å². The first-order valence-electron chi connectivity index (χ1n) is 7.38. The van der Waals surface area contributed by atoms with Crippen LogP contribution in [-0.2, 0) is 4.79 Å². The number of nitrogens with two attached hydrogens (primary N) is 1. The highest BCUT2D eigenvalue weighted by atomic mass is 16.5. The Morgan fingerprint density at radius 3 is 2.52 bits per heavy atom. The lowest BCUT2D eigenvalue weighted by molar-refractivity contribution is -0.124. The van der Waals surface area contributed by atoms with Crippen LogP contribution in [0.1, 0.15) is 43.0 Å². The van der Waals surface area contributed by atoms with Gasteiger partial charge in [-0.05, 0) is 43.0 Å². The smallest absolute Gasteiger partial charge is 0.258 e. The van der Waals surface area contributed by atoms with Gasteiger partial charge < -0.3 is 15.8 Å². The number of hydrogen-bond donors (Lipinski definition) is 2. The zero-order valence-corrected chi connectivity index (χ0v) is 12.3. The second-order valence-corrected chi connectivity index (χ2v) is 5.61. The summed E-state index contributed by atoms with van der Waals surface area (Å²) in [5, 5.41) is 3.03. The number of nitrogens with one attached hydrogen (secondary N) is 1. The van der Waals surface area contributed by atoms with Crippen molar-refractivity contribution in [1.82, 2.24) is 5.32 Å². The molecule has 2 atom stereocenters. The summed E-state index contributed by atoms with van der Waals surface area (Å²) in [4.78, 5) is 22.8. The molecule has 1 aliphatic carbocycles. The summed E-state index contributed by atoms with van der Waals surface area (Å²) in [5.41, 5.74) is 5.58. The highest BCUT2D eigenvalue weighted by molar-refractivity contribution is 5.92. The molecule has 1 saturated carbocycles. The van der Waals surface area contributed by atoms with Crippen molar-refractivity contribution in [3.8, 4) is 5.75 Å². The Morgan fingerprint density at radius 1 is 1.24 bits per heavy atom. The summed E-state index contributed by atoms with van der Waals surface area (Å²) in [6.45, 7) is 2.16. The van der Waals surface area contributed by atoms with Gasteiger partial charge in [-0.3, -0.25) is 9.59 Å². The second-order valence-electron chi connectivity index (χ2n) is 5.61. The molecule has 1 fully saturated rings. The first kappa shape index (κ1) is 15.4. The van der Waals surface area contributed by atoms with E-state index in [1.807, 2.05) is 0 Å². The van der Waals surface area contributed by atoms with Gasteiger partial charge in [0, 0.05) is 11.6 Å². The highest BCUT2D eigenvalue weighted by Crippen LogP contribution is 2.23. The fourth-order valence-corrected chi connectivity index (χ4v) is 2.64. The van der Waals surface area contributed by atoms with Gasteiger partial charge in [-0.25, -0.2) is 0 Å². The molecular formula is C16H22N2O3. The largest absolute Gasteiger partial charge is 0.484 e. The maximum absolute atomic E-state index is 11.9. The molecule has 5 nitrogen and oxygen atoms in total. The Bertz CT molecular complexity index is 499. The lowest BCUT2D eigenvalue weighted by atomic mass is 9.86. The summed E-state index contributed by atoms with van der Waals surface area (Å²) in [6, 6.07) is 6.69. The van der Waals surface area contributed by atoms with Crippen LogP contribution >= 0.6 is 0 Å². The van der Waals surface area contributed by atoms with Crippen LogP contribution < -0.4 is 15.8 Å². The van der Waals surface area contributed by atoms with E-state index in [4.69, 9.17) is 10.5 Å². The van der Waals surface area contributed by atoms with Gasteiger partial charge in [-0.15, -0.1) is 0 Å². The molecule has 3 N–H and O–H groups in total. The number of rotatable bonds is 5. The minimum Gasteiger partial charge on any atom is -0.484 e. The zero-order chi connectivity index (χ0) is 15.2. The average molecular weight is 290 g/mol. The Hall–Kier alpha value is -2.04. The molecule has 0 saturated heterocycles. The van der Waals surface area contributed by atoms with Crippen LogP contribution in [0.15, 0.2) is 24.3 Å². The van der Waals surface area contributed by atoms with Gasteiger partial charge in [-0.1, -0.05) is 19.8 Å². The van der Waals surface area contributed by atoms with Crippen molar-refractivity contribution in [3.05, 3.63) is 29.8 Å². The third-order valence-electron chi connectivity index (χ3n) is 3.97. The van der Waals surface area contributed by atoms with E-state index in [1.165, 1.54) is 19.3 Å². The molecule has 0 unspecified atom stereocenters. The summed E-state index contributed by atoms with van der Waals surface area (Å²) in [7, 11) is 0. The van der Waals surface area contributed by atoms with Gasteiger partial charge in [0.15, 0.2) is 6.61 Å². The molecule has 21 heavy (non-hydrogen) atoms. The van der Waals surface area contributed by atoms with Crippen LogP contribution in [0.3, 0.4) is 0 Å². The lowest BCUT2D eigenvalue weighted by Crippen LogP contribution is -2.43. The SMILES string of the molecule is C[C@@H]1CCCC[C@@H]1NC(=O)COc1ccc(C(N)=O)cc1. The second kappa shape index (κ2) is 7.11. The van der Waals surface area contributed by atoms with E-state index in [2.05, 4.69) is 12.2 Å². The highest BCUT2D eigenvalue weighted by Gasteiger charge is 2.22. The molecule has 0 aliphatic heterocycles. The van der Waals surface area contributed by atoms with Gasteiger partial charge in [0.05, 0.1) is 0 Å². The molecule has 0 bridgehead atoms. The Balaban J connectivity index is 1.79. The number of carbonyl (C=O) groups excluding carboxylic acids is 2. The molecular weight excluding hydrogens is 268 g/mol. The van der Waals surface area contributed by atoms with Crippen molar-refractivity contribution in [3.63, 3.8) is 0 Å². The quantitative estimate of drug-likeness (QED) is 0.868. The molecule has 1 aromatic carbocycles. The number of benzene rings is 1. The zero-order valence-electron chi connectivity index (χ0n) is 12.3. The molecule has 114 valence electrons. The molecule has 0 aromatic heterocycles. The molecule has 2 rings (SSSR count). The molecule has 1 aromatic rings. The van der Waals surface area contributed by atoms with Crippen LogP contribution in [0.2, 0.25) is 0 Å². The fourth-order valence-electron chi connectivity index (χ4n) is 2.64. The molecule has 0 heterocycles. The Labute approximate surface area is 124 Å². The first-order valence-corrected chi connectivity index (χ1v) is 7.38. The Morgan fingerprint density at radius 2 is 1.90 bits per heavy atom. The minimum atomic E-state index is -0.481. The third-order valence-corrected chi connectivity index (χ3v) is 3.97. The summed E-state index contributed by atoms with van der Waals surface area (Å²) < 4.78 is 5.42. The predicted molar refractivity (Wildman–Crippen MR) is 80.0 cm³/mol. The summed E-state index contributed by atoms with van der Waals surface area (Å²) in [6.07, 6.45) is 4.63. The first-order chi connectivity index (χ1) is 10.1. The number of amides is 2. The van der Waals surface area contributed by atoms with Gasteiger partial charge in [0.1, 0.15) is 5.75 Å². The van der Waals surface area contributed by atoms with Gasteiger partial charge in [-0.2, -0.15) is 0 Å². The lowest BCUT2D eigenvalue weighted by Gasteiger charge is -2.29. The fraction of sp³-hybridized carbons (Fsp3) is 0.500. The van der Waals surface area contributed by atoms with E-state index < -0.39 is 5.91 Å². The van der Waals surface area contributed by atoms with Crippen LogP contribution in [0.4, 0.5) is 0 Å². The molecule has 2 amide bonds. The van der Waals surface area contributed by atoms with E-state index in [0.717, 1.165) is 6.42 Å². The van der Waals surface area contributed by atoms with Gasteiger partial charge in [0.2, 0.25) is 5.91 Å². The molecule has 0 radical (unpaired) electrons. The number of primary amides is 1. The molecule has 0 spiro atoms. The van der Waals surface area contributed by atoms with Gasteiger partial charge in [0.25, 0.3) is 5.91 Å². The van der Waals surface area contributed by atoms with Crippen molar-refractivity contribution >= 4 is 11.8 Å². The minimum absolute atomic E-state index is 0.0147. The monoisotopic (exact) mass is 290 g/mol. The number of carbonyl (C=O) groups is 2. The van der Waals surface area contributed by atoms with Gasteiger partial charge >= 0.3 is 0 Å². The van der Waals surface area contributed by atoms with Crippen molar-refractivity contribution in [1.29, 1.82) is 0 Å². The van der Waals surface area contributed by atoms with E-state index >= 15 is 0 Å². The number of ether oxygens (including phenoxy) is 1. The van der Waals surface area contributed by atoms with E-state index in [-0.39, 0.29) is 18.6 Å². The van der Waals surface area contributed by atoms with Crippen molar-refractivity contribution in [2.45, 2.75) is 38.6 Å². The normalized spacial score (nSPS) is 21.6. The topological polar surface area (TPSA) is 81.4 Å². The number of hydrogen-bond acceptors (Lipinski definition) is 3. The van der Waals surface area contributed by atoms with Crippen LogP contribution in [0, 0.1) is 5.92 Å². The van der Waals surface area contributed by atoms with Crippen molar-refractivity contribution < 1.29 is 14.3 Å². The van der Waals surface area contributed by atoms with Crippen LogP contribution in [0.5, 0.6) is 5.75 Å². The van der Waals surface area contributed by atoms with E-state index in [0.29, 0.717) is 17.2 Å². The third kappa shape index (κ3) is 4.48. The van der Waals surface area contributed by atoms with Crippen molar-refractivity contribution in [2.75, 3.05) is 6.61 Å². The van der Waals surface area contributed by atoms with Crippen LogP contribution in [0.25, 0.3) is 0 Å². The maximum Gasteiger partial charge on any atom is 0.258 e. The summed E-state index contributed by atoms with van der Waals surface area (Å²) in [5.74, 6) is 0.489. The summed E-state index contributed by atoms with van der Waals surface area (Å²) >= 11 is 0. The average Bonchev–Trinajstić information content (AvgIpc) is 2.48. The molecule has 5 heteroatoms. The van der Waals surface area contributed by atoms with Crippen LogP contribution in [-0.4, -0.2) is 24.5 Å². The Kier molecular flexibility index (Phi) is 5.20. The maximum atomic E-state index is 11.9. The van der Waals surface area contributed by atoms with E-state index in [1.54, 1.807) is 24.3 Å².